The third kappa shape index (κ3) is 5.52. The topological polar surface area (TPSA) is 110 Å². The summed E-state index contributed by atoms with van der Waals surface area (Å²) in [4.78, 5) is 26.2. The molecule has 1 aliphatic heterocycles. The first-order chi connectivity index (χ1) is 19.1. The summed E-state index contributed by atoms with van der Waals surface area (Å²) in [5.41, 5.74) is -1.57. The van der Waals surface area contributed by atoms with Crippen LogP contribution in [0.5, 0.6) is 0 Å². The maximum atomic E-state index is 14.1. The van der Waals surface area contributed by atoms with Crippen molar-refractivity contribution >= 4 is 39.1 Å². The monoisotopic (exact) mass is 610 g/mol. The molecular weight excluding hydrogens is 595 g/mol. The number of fused-ring (bicyclic) bond motifs is 1. The normalized spacial score (nSPS) is 15.0. The molecule has 2 amide bonds. The van der Waals surface area contributed by atoms with E-state index in [4.69, 9.17) is 11.6 Å². The minimum absolute atomic E-state index is 0.0227. The number of nitrogens with zero attached hydrogens (tertiary/aromatic N) is 2. The van der Waals surface area contributed by atoms with Crippen LogP contribution in [0.4, 0.5) is 27.6 Å². The van der Waals surface area contributed by atoms with Crippen LogP contribution in [-0.2, 0) is 16.2 Å². The van der Waals surface area contributed by atoms with E-state index in [9.17, 15) is 40.0 Å². The van der Waals surface area contributed by atoms with Gasteiger partial charge < -0.3 is 10.6 Å². The summed E-state index contributed by atoms with van der Waals surface area (Å²) < 4.78 is 92.4. The molecular formula is C26H16ClF5N4O4S. The van der Waals surface area contributed by atoms with Crippen molar-refractivity contribution in [2.75, 3.05) is 11.6 Å². The Morgan fingerprint density at radius 1 is 1.05 bits per heavy atom. The number of aromatic nitrogens is 2. The quantitative estimate of drug-likeness (QED) is 0.294. The van der Waals surface area contributed by atoms with Gasteiger partial charge in [0.25, 0.3) is 21.8 Å². The van der Waals surface area contributed by atoms with Crippen molar-refractivity contribution in [2.45, 2.75) is 12.2 Å². The van der Waals surface area contributed by atoms with Crippen LogP contribution in [0.1, 0.15) is 43.4 Å². The number of hydrogen-bond acceptors (Lipinski definition) is 5. The van der Waals surface area contributed by atoms with Crippen molar-refractivity contribution in [3.8, 4) is 11.1 Å². The Labute approximate surface area is 233 Å². The Balaban J connectivity index is 1.67. The Morgan fingerprint density at radius 3 is 2.44 bits per heavy atom. The fourth-order valence-electron chi connectivity index (χ4n) is 4.39. The zero-order valence-corrected chi connectivity index (χ0v) is 22.1. The molecule has 2 N–H and O–H groups in total. The second-order valence-electron chi connectivity index (χ2n) is 9.10. The third-order valence-electron chi connectivity index (χ3n) is 6.23. The number of carbonyl (C=O) groups excluding carboxylic acids is 2. The average Bonchev–Trinajstić information content (AvgIpc) is 3.50. The van der Waals surface area contributed by atoms with E-state index in [-0.39, 0.29) is 44.6 Å². The van der Waals surface area contributed by atoms with Gasteiger partial charge in [-0.25, -0.2) is 17.2 Å². The average molecular weight is 611 g/mol. The van der Waals surface area contributed by atoms with E-state index in [2.05, 4.69) is 15.7 Å². The van der Waals surface area contributed by atoms with E-state index >= 15 is 0 Å². The molecule has 1 aromatic heterocycles. The highest BCUT2D eigenvalue weighted by molar-refractivity contribution is 7.89. The van der Waals surface area contributed by atoms with Crippen molar-refractivity contribution in [3.63, 3.8) is 0 Å². The van der Waals surface area contributed by atoms with E-state index in [1.807, 2.05) is 0 Å². The predicted molar refractivity (Wildman–Crippen MR) is 138 cm³/mol. The van der Waals surface area contributed by atoms with Gasteiger partial charge in [0.2, 0.25) is 0 Å². The molecule has 4 aromatic rings. The Hall–Kier alpha value is -4.30. The van der Waals surface area contributed by atoms with Gasteiger partial charge >= 0.3 is 6.18 Å². The van der Waals surface area contributed by atoms with Crippen molar-refractivity contribution in [2.24, 2.45) is 0 Å². The summed E-state index contributed by atoms with van der Waals surface area (Å²) in [6, 6.07) is 6.33. The van der Waals surface area contributed by atoms with Crippen molar-refractivity contribution in [3.05, 3.63) is 105 Å². The van der Waals surface area contributed by atoms with Crippen molar-refractivity contribution in [1.29, 1.82) is 0 Å². The third-order valence-corrected chi connectivity index (χ3v) is 7.45. The number of rotatable bonds is 5. The molecule has 1 aliphatic rings. The summed E-state index contributed by atoms with van der Waals surface area (Å²) in [5.74, 6) is -3.80. The molecule has 0 saturated heterocycles. The number of benzene rings is 3. The van der Waals surface area contributed by atoms with Gasteiger partial charge in [0.05, 0.1) is 30.3 Å². The molecule has 15 heteroatoms. The summed E-state index contributed by atoms with van der Waals surface area (Å²) in [6.45, 7) is 0. The first-order valence-corrected chi connectivity index (χ1v) is 13.7. The smallest absolute Gasteiger partial charge is 0.341 e. The van der Waals surface area contributed by atoms with Gasteiger partial charge in [0, 0.05) is 38.5 Å². The van der Waals surface area contributed by atoms with Crippen molar-refractivity contribution < 1.29 is 40.0 Å². The maximum absolute atomic E-state index is 14.1. The zero-order chi connectivity index (χ0) is 29.9. The van der Waals surface area contributed by atoms with Crippen LogP contribution in [0.15, 0.2) is 60.9 Å². The van der Waals surface area contributed by atoms with Gasteiger partial charge in [-0.3, -0.25) is 9.59 Å². The summed E-state index contributed by atoms with van der Waals surface area (Å²) >= 11 is 6.27. The molecule has 5 rings (SSSR count). The second kappa shape index (κ2) is 9.96. The number of amides is 2. The Kier molecular flexibility index (Phi) is 6.86. The van der Waals surface area contributed by atoms with Gasteiger partial charge in [-0.2, -0.15) is 22.4 Å². The van der Waals surface area contributed by atoms with Gasteiger partial charge in [-0.1, -0.05) is 11.6 Å². The standard InChI is InChI=1S/C26H16ClF5N4O4S/c1-41(39,40)36-11-14(10-33-36)12-6-19-22(23(35-25(19)38)18-9-16(28)2-3-20(18)27)21(7-12)34-24(37)13-4-15(26(30,31)32)8-17(29)5-13/h2-11,23H,1H3,(H,34,37)(H,35,38)/t23-/m1/s1. The van der Waals surface area contributed by atoms with Crippen LogP contribution in [0.25, 0.3) is 11.1 Å². The lowest BCUT2D eigenvalue weighted by Crippen LogP contribution is -2.21. The number of carbonyl (C=O) groups is 2. The van der Waals surface area contributed by atoms with Crippen LogP contribution < -0.4 is 10.6 Å². The first-order valence-electron chi connectivity index (χ1n) is 11.5. The van der Waals surface area contributed by atoms with Gasteiger partial charge in [0.15, 0.2) is 0 Å². The fourth-order valence-corrected chi connectivity index (χ4v) is 5.14. The van der Waals surface area contributed by atoms with E-state index in [0.29, 0.717) is 16.2 Å². The maximum Gasteiger partial charge on any atom is 0.416 e. The minimum Gasteiger partial charge on any atom is -0.341 e. The SMILES string of the molecule is CS(=O)(=O)n1cc(-c2cc(NC(=O)c3cc(F)cc(C(F)(F)F)c3)c3c(c2)C(=O)N[C@@H]3c2cc(F)ccc2Cl)cn1. The molecule has 41 heavy (non-hydrogen) atoms. The van der Waals surface area contributed by atoms with Crippen molar-refractivity contribution in [1.82, 2.24) is 14.5 Å². The fraction of sp³-hybridized carbons (Fsp3) is 0.115. The lowest BCUT2D eigenvalue weighted by molar-refractivity contribution is -0.137. The molecule has 0 bridgehead atoms. The molecule has 8 nitrogen and oxygen atoms in total. The molecule has 0 unspecified atom stereocenters. The second-order valence-corrected chi connectivity index (χ2v) is 11.3. The predicted octanol–water partition coefficient (Wildman–Crippen LogP) is 5.39. The van der Waals surface area contributed by atoms with E-state index in [0.717, 1.165) is 24.6 Å². The first kappa shape index (κ1) is 28.2. The van der Waals surface area contributed by atoms with Gasteiger partial charge in [-0.05, 0) is 54.1 Å². The van der Waals surface area contributed by atoms with Crippen LogP contribution in [-0.4, -0.2) is 35.7 Å². The van der Waals surface area contributed by atoms with E-state index in [1.165, 1.54) is 24.4 Å². The Bertz CT molecular complexity index is 1860. The van der Waals surface area contributed by atoms with Crippen LogP contribution in [0.3, 0.4) is 0 Å². The highest BCUT2D eigenvalue weighted by Gasteiger charge is 2.36. The number of nitrogens with one attached hydrogen (secondary N) is 2. The van der Waals surface area contributed by atoms with Crippen LogP contribution in [0, 0.1) is 11.6 Å². The van der Waals surface area contributed by atoms with Crippen LogP contribution in [0.2, 0.25) is 5.02 Å². The Morgan fingerprint density at radius 2 is 1.78 bits per heavy atom. The molecule has 0 saturated carbocycles. The molecule has 0 fully saturated rings. The van der Waals surface area contributed by atoms with Crippen LogP contribution >= 0.6 is 11.6 Å². The summed E-state index contributed by atoms with van der Waals surface area (Å²) in [6.07, 6.45) is -1.69. The molecule has 2 heterocycles. The lowest BCUT2D eigenvalue weighted by atomic mass is 9.93. The highest BCUT2D eigenvalue weighted by atomic mass is 35.5. The number of hydrogen-bond donors (Lipinski definition) is 2. The number of anilines is 1. The highest BCUT2D eigenvalue weighted by Crippen LogP contribution is 2.42. The lowest BCUT2D eigenvalue weighted by Gasteiger charge is -2.19. The molecule has 3 aromatic carbocycles. The molecule has 0 radical (unpaired) electrons. The van der Waals surface area contributed by atoms with E-state index < -0.39 is 56.8 Å². The number of alkyl halides is 3. The van der Waals surface area contributed by atoms with Gasteiger partial charge in [-0.15, -0.1) is 0 Å². The zero-order valence-electron chi connectivity index (χ0n) is 20.6. The number of halogens is 6. The minimum atomic E-state index is -4.94. The largest absolute Gasteiger partial charge is 0.416 e. The molecule has 1 atom stereocenters. The van der Waals surface area contributed by atoms with E-state index in [1.54, 1.807) is 0 Å². The van der Waals surface area contributed by atoms with Gasteiger partial charge in [0.1, 0.15) is 11.6 Å². The molecule has 0 spiro atoms. The molecule has 0 aliphatic carbocycles. The summed E-state index contributed by atoms with van der Waals surface area (Å²) in [7, 11) is -3.77. The molecule has 212 valence electrons. The summed E-state index contributed by atoms with van der Waals surface area (Å²) in [5, 5.41) is 8.90.